The van der Waals surface area contributed by atoms with Crippen LogP contribution in [0.3, 0.4) is 0 Å². The molecular weight excluding hydrogens is 128 g/mol. The Hall–Kier alpha value is -0.280. The van der Waals surface area contributed by atoms with Gasteiger partial charge in [0.25, 0.3) is 0 Å². The fourth-order valence-corrected chi connectivity index (χ4v) is 0.460. The van der Waals surface area contributed by atoms with Gasteiger partial charge in [-0.3, -0.25) is 4.79 Å². The molecule has 0 radical (unpaired) electrons. The van der Waals surface area contributed by atoms with Gasteiger partial charge >= 0.3 is 0 Å². The lowest BCUT2D eigenvalue weighted by Crippen LogP contribution is -2.29. The van der Waals surface area contributed by atoms with Crippen molar-refractivity contribution in [1.82, 2.24) is 5.32 Å². The first-order chi connectivity index (χ1) is 3.81. The van der Waals surface area contributed by atoms with Crippen LogP contribution in [0.15, 0.2) is 0 Å². The zero-order valence-corrected chi connectivity index (χ0v) is 5.24. The molecule has 0 aliphatic carbocycles. The molecule has 0 bridgehead atoms. The van der Waals surface area contributed by atoms with Gasteiger partial charge in [0.15, 0.2) is 0 Å². The van der Waals surface area contributed by atoms with Crippen molar-refractivity contribution >= 4 is 17.5 Å². The molecule has 0 heterocycles. The maximum Gasteiger partial charge on any atom is 0.222 e. The van der Waals surface area contributed by atoms with E-state index in [4.69, 9.17) is 17.3 Å². The Balaban J connectivity index is 3.06. The molecule has 0 saturated carbocycles. The second kappa shape index (κ2) is 4.87. The molecule has 0 spiro atoms. The first-order valence-corrected chi connectivity index (χ1v) is 2.87. The molecule has 0 aromatic carbocycles. The third kappa shape index (κ3) is 3.89. The number of halogens is 1. The van der Waals surface area contributed by atoms with E-state index in [1.54, 1.807) is 0 Å². The number of carbonyl (C=O) groups is 1. The second-order valence-corrected chi connectivity index (χ2v) is 1.62. The Morgan fingerprint density at radius 3 is 2.75 bits per heavy atom. The van der Waals surface area contributed by atoms with Crippen LogP contribution in [0.1, 0.15) is 6.42 Å². The van der Waals surface area contributed by atoms with Gasteiger partial charge in [0.05, 0.1) is 6.67 Å². The Kier molecular flexibility index (Phi) is 4.70. The third-order valence-electron chi connectivity index (χ3n) is 0.621. The molecule has 0 aliphatic rings. The normalized spacial score (nSPS) is 8.75. The smallest absolute Gasteiger partial charge is 0.222 e. The first-order valence-electron chi connectivity index (χ1n) is 2.34. The minimum absolute atomic E-state index is 0.0949. The van der Waals surface area contributed by atoms with Crippen LogP contribution in [0.4, 0.5) is 0 Å². The van der Waals surface area contributed by atoms with E-state index in [-0.39, 0.29) is 12.6 Å². The number of alkyl halides is 1. The van der Waals surface area contributed by atoms with Crippen LogP contribution in [0, 0.1) is 0 Å². The van der Waals surface area contributed by atoms with E-state index in [9.17, 15) is 4.79 Å². The lowest BCUT2D eigenvalue weighted by molar-refractivity contribution is -0.120. The standard InChI is InChI=1S/C4H9ClN2O/c5-2-1-4(8)7-3-6/h1-3,6H2,(H,7,8). The van der Waals surface area contributed by atoms with Gasteiger partial charge in [0.2, 0.25) is 5.91 Å². The molecule has 0 aliphatic heterocycles. The summed E-state index contributed by atoms with van der Waals surface area (Å²) in [5.41, 5.74) is 4.98. The van der Waals surface area contributed by atoms with E-state index in [1.807, 2.05) is 0 Å². The van der Waals surface area contributed by atoms with Crippen molar-refractivity contribution in [2.45, 2.75) is 6.42 Å². The lowest BCUT2D eigenvalue weighted by Gasteiger charge is -1.95. The first kappa shape index (κ1) is 7.72. The Morgan fingerprint density at radius 1 is 1.75 bits per heavy atom. The van der Waals surface area contributed by atoms with Gasteiger partial charge in [-0.15, -0.1) is 11.6 Å². The predicted molar refractivity (Wildman–Crippen MR) is 32.5 cm³/mol. The van der Waals surface area contributed by atoms with Gasteiger partial charge in [0, 0.05) is 12.3 Å². The molecular formula is C4H9ClN2O. The molecule has 0 atom stereocenters. The summed E-state index contributed by atoms with van der Waals surface area (Å²) in [6.45, 7) is 0.190. The average molecular weight is 137 g/mol. The van der Waals surface area contributed by atoms with Crippen LogP contribution in [-0.4, -0.2) is 18.5 Å². The Labute approximate surface area is 53.2 Å². The monoisotopic (exact) mass is 136 g/mol. The fraction of sp³-hybridized carbons (Fsp3) is 0.750. The van der Waals surface area contributed by atoms with Crippen LogP contribution < -0.4 is 11.1 Å². The molecule has 8 heavy (non-hydrogen) atoms. The molecule has 3 N–H and O–H groups in total. The van der Waals surface area contributed by atoms with Gasteiger partial charge in [-0.1, -0.05) is 0 Å². The molecule has 3 nitrogen and oxygen atoms in total. The molecule has 0 saturated heterocycles. The van der Waals surface area contributed by atoms with Crippen molar-refractivity contribution in [2.75, 3.05) is 12.5 Å². The third-order valence-corrected chi connectivity index (χ3v) is 0.810. The lowest BCUT2D eigenvalue weighted by atomic mass is 10.5. The number of hydrogen-bond donors (Lipinski definition) is 2. The van der Waals surface area contributed by atoms with Crippen molar-refractivity contribution in [3.8, 4) is 0 Å². The topological polar surface area (TPSA) is 55.1 Å². The molecule has 48 valence electrons. The molecule has 4 heteroatoms. The summed E-state index contributed by atoms with van der Waals surface area (Å²) < 4.78 is 0. The minimum atomic E-state index is -0.0949. The van der Waals surface area contributed by atoms with Gasteiger partial charge in [0.1, 0.15) is 0 Å². The van der Waals surface area contributed by atoms with Crippen molar-refractivity contribution in [2.24, 2.45) is 5.73 Å². The van der Waals surface area contributed by atoms with Crippen molar-refractivity contribution in [3.63, 3.8) is 0 Å². The highest BCUT2D eigenvalue weighted by Crippen LogP contribution is 1.81. The van der Waals surface area contributed by atoms with Crippen LogP contribution >= 0.6 is 11.6 Å². The number of hydrogen-bond acceptors (Lipinski definition) is 2. The number of amides is 1. The van der Waals surface area contributed by atoms with Gasteiger partial charge in [-0.25, -0.2) is 0 Å². The summed E-state index contributed by atoms with van der Waals surface area (Å²) in [4.78, 5) is 10.4. The average Bonchev–Trinajstić information content (AvgIpc) is 1.68. The SMILES string of the molecule is NCNC(=O)CCCl. The summed E-state index contributed by atoms with van der Waals surface area (Å²) in [7, 11) is 0. The van der Waals surface area contributed by atoms with E-state index in [0.717, 1.165) is 0 Å². The van der Waals surface area contributed by atoms with Crippen LogP contribution in [0.5, 0.6) is 0 Å². The van der Waals surface area contributed by atoms with E-state index in [2.05, 4.69) is 5.32 Å². The van der Waals surface area contributed by atoms with Gasteiger partial charge < -0.3 is 11.1 Å². The number of carbonyl (C=O) groups excluding carboxylic acids is 1. The molecule has 0 unspecified atom stereocenters. The van der Waals surface area contributed by atoms with Crippen molar-refractivity contribution in [1.29, 1.82) is 0 Å². The zero-order valence-electron chi connectivity index (χ0n) is 4.48. The highest BCUT2D eigenvalue weighted by atomic mass is 35.5. The van der Waals surface area contributed by atoms with E-state index in [1.165, 1.54) is 0 Å². The summed E-state index contributed by atoms with van der Waals surface area (Å²) >= 11 is 5.23. The number of nitrogens with one attached hydrogen (secondary N) is 1. The van der Waals surface area contributed by atoms with Gasteiger partial charge in [-0.05, 0) is 0 Å². The van der Waals surface area contributed by atoms with Gasteiger partial charge in [-0.2, -0.15) is 0 Å². The van der Waals surface area contributed by atoms with Crippen LogP contribution in [0.25, 0.3) is 0 Å². The summed E-state index contributed by atoms with van der Waals surface area (Å²) in [6.07, 6.45) is 0.346. The number of nitrogens with two attached hydrogens (primary N) is 1. The molecule has 0 aromatic rings. The zero-order chi connectivity index (χ0) is 6.41. The maximum absolute atomic E-state index is 10.4. The molecule has 0 fully saturated rings. The van der Waals surface area contributed by atoms with Crippen molar-refractivity contribution < 1.29 is 4.79 Å². The quantitative estimate of drug-likeness (QED) is 0.412. The fourth-order valence-electron chi connectivity index (χ4n) is 0.288. The second-order valence-electron chi connectivity index (χ2n) is 1.24. The van der Waals surface area contributed by atoms with E-state index >= 15 is 0 Å². The summed E-state index contributed by atoms with van der Waals surface area (Å²) in [6, 6.07) is 0. The van der Waals surface area contributed by atoms with Crippen LogP contribution in [0.2, 0.25) is 0 Å². The van der Waals surface area contributed by atoms with E-state index < -0.39 is 0 Å². The highest BCUT2D eigenvalue weighted by molar-refractivity contribution is 6.18. The number of rotatable bonds is 3. The maximum atomic E-state index is 10.4. The summed E-state index contributed by atoms with van der Waals surface area (Å²) in [5, 5.41) is 2.40. The molecule has 0 rings (SSSR count). The Morgan fingerprint density at radius 2 is 2.38 bits per heavy atom. The Bertz CT molecular complexity index is 68.4. The largest absolute Gasteiger partial charge is 0.344 e. The van der Waals surface area contributed by atoms with Crippen LogP contribution in [-0.2, 0) is 4.79 Å². The van der Waals surface area contributed by atoms with Crippen molar-refractivity contribution in [3.05, 3.63) is 0 Å². The highest BCUT2D eigenvalue weighted by Gasteiger charge is 1.93. The molecule has 0 aromatic heterocycles. The minimum Gasteiger partial charge on any atom is -0.344 e. The molecule has 1 amide bonds. The predicted octanol–water partition coefficient (Wildman–Crippen LogP) is -0.352. The van der Waals surface area contributed by atoms with E-state index in [0.29, 0.717) is 12.3 Å². The summed E-state index contributed by atoms with van der Waals surface area (Å²) in [5.74, 6) is 0.258.